The first-order valence-corrected chi connectivity index (χ1v) is 10.6. The van der Waals surface area contributed by atoms with Crippen LogP contribution < -0.4 is 16.0 Å². The summed E-state index contributed by atoms with van der Waals surface area (Å²) in [6.45, 7) is 5.92. The molecule has 1 fully saturated rings. The molecule has 1 aliphatic rings. The largest absolute Gasteiger partial charge is 0.367 e. The molecule has 164 valence electrons. The Balaban J connectivity index is 1.80. The van der Waals surface area contributed by atoms with Crippen LogP contribution in [0.25, 0.3) is 5.57 Å². The number of benzene rings is 1. The zero-order chi connectivity index (χ0) is 22.2. The third-order valence-corrected chi connectivity index (χ3v) is 5.42. The number of H-pyrrole nitrogens is 1. The molecule has 1 aliphatic heterocycles. The summed E-state index contributed by atoms with van der Waals surface area (Å²) >= 11 is 0. The molecule has 2 aromatic rings. The average Bonchev–Trinajstić information content (AvgIpc) is 3.27. The average molecular weight is 424 g/mol. The van der Waals surface area contributed by atoms with Crippen molar-refractivity contribution in [3.63, 3.8) is 0 Å². The maximum Gasteiger partial charge on any atom is 0.291 e. The highest BCUT2D eigenvalue weighted by molar-refractivity contribution is 6.04. The molecule has 1 aromatic carbocycles. The van der Waals surface area contributed by atoms with Gasteiger partial charge in [-0.1, -0.05) is 36.4 Å². The first kappa shape index (κ1) is 22.5. The number of nitrogens with two attached hydrogens (primary N) is 1. The number of imidazole rings is 1. The summed E-state index contributed by atoms with van der Waals surface area (Å²) in [6, 6.07) is 4.73. The number of allylic oxidation sites excluding steroid dienone is 6. The van der Waals surface area contributed by atoms with Gasteiger partial charge in [0.15, 0.2) is 5.82 Å². The van der Waals surface area contributed by atoms with Crippen molar-refractivity contribution in [3.05, 3.63) is 72.1 Å². The standard InChI is InChI=1S/C24H30FN5O/c1-3-5-8-18(7-4-2)21-16-27-23(28-21)24(31)29-20-10-6-9-19(25)22(20)30-13-11-17(15-26)12-14-30/h3-10,16-17H,11-15,26H2,1-2H3,(H,27,28)(H,29,31)/b5-3?,7-4?,18-8+. The number of amides is 1. The Labute approximate surface area is 182 Å². The summed E-state index contributed by atoms with van der Waals surface area (Å²) in [7, 11) is 0. The molecule has 6 nitrogen and oxygen atoms in total. The highest BCUT2D eigenvalue weighted by Crippen LogP contribution is 2.32. The predicted molar refractivity (Wildman–Crippen MR) is 125 cm³/mol. The first-order valence-electron chi connectivity index (χ1n) is 10.6. The number of anilines is 2. The van der Waals surface area contributed by atoms with E-state index in [0.717, 1.165) is 24.1 Å². The number of rotatable bonds is 7. The molecule has 31 heavy (non-hydrogen) atoms. The second-order valence-electron chi connectivity index (χ2n) is 7.55. The van der Waals surface area contributed by atoms with E-state index in [1.165, 1.54) is 6.07 Å². The molecule has 0 spiro atoms. The minimum Gasteiger partial charge on any atom is -0.367 e. The monoisotopic (exact) mass is 423 g/mol. The fourth-order valence-electron chi connectivity index (χ4n) is 3.71. The van der Waals surface area contributed by atoms with E-state index in [4.69, 9.17) is 5.73 Å². The Bertz CT molecular complexity index is 984. The molecule has 3 rings (SSSR count). The van der Waals surface area contributed by atoms with Gasteiger partial charge < -0.3 is 20.9 Å². The maximum atomic E-state index is 14.7. The van der Waals surface area contributed by atoms with Gasteiger partial charge in [-0.25, -0.2) is 9.37 Å². The Hall–Kier alpha value is -3.19. The summed E-state index contributed by atoms with van der Waals surface area (Å²) in [5, 5.41) is 2.83. The number of aromatic nitrogens is 2. The number of para-hydroxylation sites is 1. The number of carbonyl (C=O) groups is 1. The number of carbonyl (C=O) groups excluding carboxylic acids is 1. The summed E-state index contributed by atoms with van der Waals surface area (Å²) in [5.41, 5.74) is 8.26. The second kappa shape index (κ2) is 10.7. The third kappa shape index (κ3) is 5.49. The first-order chi connectivity index (χ1) is 15.1. The Morgan fingerprint density at radius 2 is 2.10 bits per heavy atom. The van der Waals surface area contributed by atoms with Crippen LogP contribution in [0.15, 0.2) is 54.8 Å². The zero-order valence-corrected chi connectivity index (χ0v) is 18.1. The number of halogens is 1. The lowest BCUT2D eigenvalue weighted by Gasteiger charge is -2.34. The van der Waals surface area contributed by atoms with Crippen LogP contribution in [-0.4, -0.2) is 35.5 Å². The molecule has 1 saturated heterocycles. The molecular weight excluding hydrogens is 393 g/mol. The van der Waals surface area contributed by atoms with Gasteiger partial charge in [-0.05, 0) is 56.9 Å². The predicted octanol–water partition coefficient (Wildman–Crippen LogP) is 4.51. The third-order valence-electron chi connectivity index (χ3n) is 5.42. The van der Waals surface area contributed by atoms with Crippen LogP contribution in [0.1, 0.15) is 43.0 Å². The fraction of sp³-hybridized carbons (Fsp3) is 0.333. The van der Waals surface area contributed by atoms with E-state index >= 15 is 0 Å². The minimum atomic E-state index is -0.416. The number of nitrogens with one attached hydrogen (secondary N) is 2. The lowest BCUT2D eigenvalue weighted by molar-refractivity contribution is 0.101. The molecule has 1 amide bonds. The summed E-state index contributed by atoms with van der Waals surface area (Å²) in [6.07, 6.45) is 13.1. The van der Waals surface area contributed by atoms with Crippen molar-refractivity contribution in [3.8, 4) is 0 Å². The van der Waals surface area contributed by atoms with Crippen molar-refractivity contribution < 1.29 is 9.18 Å². The lowest BCUT2D eigenvalue weighted by Crippen LogP contribution is -2.37. The Morgan fingerprint density at radius 1 is 1.32 bits per heavy atom. The van der Waals surface area contributed by atoms with Gasteiger partial charge in [0.1, 0.15) is 5.82 Å². The number of nitrogens with zero attached hydrogens (tertiary/aromatic N) is 2. The van der Waals surface area contributed by atoms with Crippen LogP contribution >= 0.6 is 0 Å². The van der Waals surface area contributed by atoms with E-state index in [0.29, 0.717) is 36.9 Å². The van der Waals surface area contributed by atoms with Gasteiger partial charge >= 0.3 is 0 Å². The maximum absolute atomic E-state index is 14.7. The zero-order valence-electron chi connectivity index (χ0n) is 18.1. The topological polar surface area (TPSA) is 87.0 Å². The Morgan fingerprint density at radius 3 is 2.77 bits per heavy atom. The number of piperidine rings is 1. The van der Waals surface area contributed by atoms with Crippen LogP contribution in [-0.2, 0) is 0 Å². The highest BCUT2D eigenvalue weighted by Gasteiger charge is 2.24. The Kier molecular flexibility index (Phi) is 7.78. The molecule has 7 heteroatoms. The smallest absolute Gasteiger partial charge is 0.291 e. The molecular formula is C24H30FN5O. The number of hydrogen-bond acceptors (Lipinski definition) is 4. The molecule has 2 heterocycles. The van der Waals surface area contributed by atoms with E-state index in [1.807, 2.05) is 49.1 Å². The number of hydrogen-bond donors (Lipinski definition) is 3. The molecule has 0 saturated carbocycles. The second-order valence-corrected chi connectivity index (χ2v) is 7.55. The van der Waals surface area contributed by atoms with Crippen molar-refractivity contribution in [2.24, 2.45) is 11.7 Å². The van der Waals surface area contributed by atoms with Gasteiger partial charge in [0.2, 0.25) is 0 Å². The molecule has 0 radical (unpaired) electrons. The van der Waals surface area contributed by atoms with Crippen molar-refractivity contribution in [1.29, 1.82) is 0 Å². The summed E-state index contributed by atoms with van der Waals surface area (Å²) < 4.78 is 14.7. The van der Waals surface area contributed by atoms with Crippen molar-refractivity contribution in [2.45, 2.75) is 26.7 Å². The quantitative estimate of drug-likeness (QED) is 0.572. The van der Waals surface area contributed by atoms with Crippen LogP contribution in [0.4, 0.5) is 15.8 Å². The van der Waals surface area contributed by atoms with Gasteiger partial charge in [-0.15, -0.1) is 0 Å². The number of aromatic amines is 1. The molecule has 4 N–H and O–H groups in total. The van der Waals surface area contributed by atoms with Crippen molar-refractivity contribution in [2.75, 3.05) is 29.9 Å². The van der Waals surface area contributed by atoms with Crippen LogP contribution in [0.2, 0.25) is 0 Å². The fourth-order valence-corrected chi connectivity index (χ4v) is 3.71. The van der Waals surface area contributed by atoms with E-state index < -0.39 is 5.91 Å². The molecule has 0 unspecified atom stereocenters. The van der Waals surface area contributed by atoms with Gasteiger partial charge in [-0.3, -0.25) is 4.79 Å². The SMILES string of the molecule is CC=C/C=C(\C=CC)c1cnc(C(=O)Nc2cccc(F)c2N2CCC(CN)CC2)[nH]1. The molecule has 0 aliphatic carbocycles. The van der Waals surface area contributed by atoms with Gasteiger partial charge in [0.25, 0.3) is 5.91 Å². The highest BCUT2D eigenvalue weighted by atomic mass is 19.1. The van der Waals surface area contributed by atoms with E-state index in [9.17, 15) is 9.18 Å². The minimum absolute atomic E-state index is 0.169. The van der Waals surface area contributed by atoms with E-state index in [2.05, 4.69) is 15.3 Å². The lowest BCUT2D eigenvalue weighted by atomic mass is 9.96. The molecule has 1 aromatic heterocycles. The van der Waals surface area contributed by atoms with Gasteiger partial charge in [0.05, 0.1) is 23.3 Å². The normalized spacial score (nSPS) is 15.9. The van der Waals surface area contributed by atoms with Crippen LogP contribution in [0.3, 0.4) is 0 Å². The van der Waals surface area contributed by atoms with E-state index in [1.54, 1.807) is 18.3 Å². The van der Waals surface area contributed by atoms with Crippen molar-refractivity contribution in [1.82, 2.24) is 9.97 Å². The van der Waals surface area contributed by atoms with Crippen molar-refractivity contribution >= 4 is 22.9 Å². The molecule has 0 atom stereocenters. The van der Waals surface area contributed by atoms with E-state index in [-0.39, 0.29) is 11.6 Å². The van der Waals surface area contributed by atoms with Crippen LogP contribution in [0, 0.1) is 11.7 Å². The van der Waals surface area contributed by atoms with Crippen LogP contribution in [0.5, 0.6) is 0 Å². The van der Waals surface area contributed by atoms with Gasteiger partial charge in [-0.2, -0.15) is 0 Å². The summed E-state index contributed by atoms with van der Waals surface area (Å²) in [4.78, 5) is 22.1. The van der Waals surface area contributed by atoms with Gasteiger partial charge in [0, 0.05) is 13.1 Å². The molecule has 0 bridgehead atoms. The summed E-state index contributed by atoms with van der Waals surface area (Å²) in [5.74, 6) is -0.137.